The summed E-state index contributed by atoms with van der Waals surface area (Å²) in [5, 5.41) is 13.5. The van der Waals surface area contributed by atoms with E-state index in [0.717, 1.165) is 18.9 Å². The molecular formula is C24H30F2N4O2. The number of aliphatic hydroxyl groups is 1. The van der Waals surface area contributed by atoms with Gasteiger partial charge in [0.2, 0.25) is 0 Å². The molecule has 1 aliphatic carbocycles. The van der Waals surface area contributed by atoms with Crippen molar-refractivity contribution < 1.29 is 18.7 Å². The Morgan fingerprint density at radius 1 is 1.22 bits per heavy atom. The molecule has 1 aromatic heterocycles. The number of carbonyl (C=O) groups excluding carboxylic acids is 1. The Hall–Kier alpha value is -2.58. The number of pyridine rings is 1. The van der Waals surface area contributed by atoms with E-state index in [0.29, 0.717) is 60.4 Å². The van der Waals surface area contributed by atoms with Crippen LogP contribution in [0.4, 0.5) is 14.5 Å². The van der Waals surface area contributed by atoms with Crippen LogP contribution < -0.4 is 16.0 Å². The molecule has 4 rings (SSSR count). The Balaban J connectivity index is 1.78. The molecule has 1 saturated heterocycles. The van der Waals surface area contributed by atoms with Gasteiger partial charge in [-0.05, 0) is 50.8 Å². The van der Waals surface area contributed by atoms with E-state index in [-0.39, 0.29) is 12.5 Å². The number of nitrogens with two attached hydrogens (primary N) is 1. The van der Waals surface area contributed by atoms with E-state index in [1.165, 1.54) is 18.3 Å². The van der Waals surface area contributed by atoms with Gasteiger partial charge in [0.05, 0.1) is 16.9 Å². The van der Waals surface area contributed by atoms with Crippen LogP contribution in [0.5, 0.6) is 0 Å². The topological polar surface area (TPSA) is 91.5 Å². The predicted molar refractivity (Wildman–Crippen MR) is 119 cm³/mol. The SMILES string of the molecule is Cc1ncc(C(=O)NCC2(O)CCCC2)c(N2CC[C@](C)(N)C2)c1-c1cc(F)cc(F)c1. The minimum atomic E-state index is -0.897. The summed E-state index contributed by atoms with van der Waals surface area (Å²) >= 11 is 0. The van der Waals surface area contributed by atoms with Crippen molar-refractivity contribution in [2.45, 2.75) is 57.1 Å². The summed E-state index contributed by atoms with van der Waals surface area (Å²) in [6, 6.07) is 3.31. The van der Waals surface area contributed by atoms with E-state index < -0.39 is 22.8 Å². The molecular weight excluding hydrogens is 414 g/mol. The van der Waals surface area contributed by atoms with E-state index in [9.17, 15) is 18.7 Å². The average Bonchev–Trinajstić information content (AvgIpc) is 3.30. The van der Waals surface area contributed by atoms with Crippen LogP contribution in [-0.2, 0) is 0 Å². The predicted octanol–water partition coefficient (Wildman–Crippen LogP) is 3.30. The summed E-state index contributed by atoms with van der Waals surface area (Å²) < 4.78 is 28.1. The molecule has 0 unspecified atom stereocenters. The van der Waals surface area contributed by atoms with Gasteiger partial charge in [0, 0.05) is 48.7 Å². The van der Waals surface area contributed by atoms with Crippen molar-refractivity contribution in [2.24, 2.45) is 5.73 Å². The number of aryl methyl sites for hydroxylation is 1. The van der Waals surface area contributed by atoms with Crippen LogP contribution in [0.1, 0.15) is 55.1 Å². The van der Waals surface area contributed by atoms with Gasteiger partial charge in [-0.2, -0.15) is 0 Å². The lowest BCUT2D eigenvalue weighted by Gasteiger charge is -2.28. The Bertz CT molecular complexity index is 1010. The van der Waals surface area contributed by atoms with Gasteiger partial charge in [-0.3, -0.25) is 9.78 Å². The number of hydrogen-bond donors (Lipinski definition) is 3. The number of benzene rings is 1. The number of anilines is 1. The first-order valence-electron chi connectivity index (χ1n) is 11.1. The molecule has 2 heterocycles. The number of amides is 1. The first-order valence-corrected chi connectivity index (χ1v) is 11.1. The highest BCUT2D eigenvalue weighted by molar-refractivity contribution is 6.03. The summed E-state index contributed by atoms with van der Waals surface area (Å²) in [7, 11) is 0. The molecule has 1 aliphatic heterocycles. The second-order valence-electron chi connectivity index (χ2n) is 9.58. The van der Waals surface area contributed by atoms with Crippen molar-refractivity contribution in [3.05, 3.63) is 47.3 Å². The number of nitrogens with zero attached hydrogens (tertiary/aromatic N) is 2. The van der Waals surface area contributed by atoms with Crippen molar-refractivity contribution in [3.8, 4) is 11.1 Å². The fourth-order valence-corrected chi connectivity index (χ4v) is 4.86. The average molecular weight is 445 g/mol. The highest BCUT2D eigenvalue weighted by Crippen LogP contribution is 2.39. The van der Waals surface area contributed by atoms with E-state index in [4.69, 9.17) is 5.73 Å². The quantitative estimate of drug-likeness (QED) is 0.658. The van der Waals surface area contributed by atoms with Gasteiger partial charge >= 0.3 is 0 Å². The highest BCUT2D eigenvalue weighted by Gasteiger charge is 2.35. The maximum Gasteiger partial charge on any atom is 0.255 e. The number of rotatable bonds is 5. The molecule has 8 heteroatoms. The first-order chi connectivity index (χ1) is 15.1. The molecule has 1 aromatic carbocycles. The molecule has 1 saturated carbocycles. The smallest absolute Gasteiger partial charge is 0.255 e. The van der Waals surface area contributed by atoms with Gasteiger partial charge in [0.25, 0.3) is 5.91 Å². The molecule has 2 fully saturated rings. The zero-order valence-electron chi connectivity index (χ0n) is 18.5. The van der Waals surface area contributed by atoms with Crippen LogP contribution in [0.15, 0.2) is 24.4 Å². The van der Waals surface area contributed by atoms with Crippen molar-refractivity contribution in [1.82, 2.24) is 10.3 Å². The standard InChI is InChI=1S/C24H30F2N4O2/c1-15-20(16-9-17(25)11-18(26)10-16)21(30-8-7-23(2,27)14-30)19(12-28-15)22(31)29-13-24(32)5-3-4-6-24/h9-12,32H,3-8,13-14,27H2,1-2H3,(H,29,31)/t23-/m0/s1. The highest BCUT2D eigenvalue weighted by atomic mass is 19.1. The maximum absolute atomic E-state index is 14.1. The maximum atomic E-state index is 14.1. The molecule has 2 aliphatic rings. The number of hydrogen-bond acceptors (Lipinski definition) is 5. The number of halogens is 2. The lowest BCUT2D eigenvalue weighted by molar-refractivity contribution is 0.0449. The zero-order chi connectivity index (χ0) is 23.1. The molecule has 2 aromatic rings. The first kappa shape index (κ1) is 22.6. The van der Waals surface area contributed by atoms with Crippen LogP contribution >= 0.6 is 0 Å². The Kier molecular flexibility index (Phi) is 5.94. The summed E-state index contributed by atoms with van der Waals surface area (Å²) in [5.41, 5.74) is 7.25. The van der Waals surface area contributed by atoms with E-state index in [1.807, 2.05) is 11.8 Å². The summed E-state index contributed by atoms with van der Waals surface area (Å²) in [4.78, 5) is 19.6. The monoisotopic (exact) mass is 444 g/mol. The minimum absolute atomic E-state index is 0.150. The number of nitrogens with one attached hydrogen (secondary N) is 1. The van der Waals surface area contributed by atoms with E-state index >= 15 is 0 Å². The third-order valence-electron chi connectivity index (χ3n) is 6.57. The molecule has 0 bridgehead atoms. The lowest BCUT2D eigenvalue weighted by Crippen LogP contribution is -2.42. The molecule has 1 amide bonds. The Morgan fingerprint density at radius 3 is 2.47 bits per heavy atom. The van der Waals surface area contributed by atoms with Gasteiger partial charge in [-0.1, -0.05) is 12.8 Å². The van der Waals surface area contributed by atoms with Crippen LogP contribution in [0.3, 0.4) is 0 Å². The van der Waals surface area contributed by atoms with Crippen molar-refractivity contribution in [2.75, 3.05) is 24.5 Å². The van der Waals surface area contributed by atoms with Crippen molar-refractivity contribution in [1.29, 1.82) is 0 Å². The largest absolute Gasteiger partial charge is 0.388 e. The molecule has 172 valence electrons. The number of aromatic nitrogens is 1. The molecule has 0 spiro atoms. The molecule has 6 nitrogen and oxygen atoms in total. The summed E-state index contributed by atoms with van der Waals surface area (Å²) in [5.74, 6) is -1.78. The molecule has 4 N–H and O–H groups in total. The fraction of sp³-hybridized carbons (Fsp3) is 0.500. The van der Waals surface area contributed by atoms with Crippen molar-refractivity contribution >= 4 is 11.6 Å². The van der Waals surface area contributed by atoms with Crippen molar-refractivity contribution in [3.63, 3.8) is 0 Å². The fourth-order valence-electron chi connectivity index (χ4n) is 4.86. The molecule has 1 atom stereocenters. The van der Waals surface area contributed by atoms with Gasteiger partial charge in [0.1, 0.15) is 11.6 Å². The lowest BCUT2D eigenvalue weighted by atomic mass is 9.97. The van der Waals surface area contributed by atoms with Gasteiger partial charge in [-0.25, -0.2) is 8.78 Å². The molecule has 0 radical (unpaired) electrons. The van der Waals surface area contributed by atoms with Gasteiger partial charge < -0.3 is 21.1 Å². The second-order valence-corrected chi connectivity index (χ2v) is 9.58. The Morgan fingerprint density at radius 2 is 1.88 bits per heavy atom. The summed E-state index contributed by atoms with van der Waals surface area (Å²) in [6.45, 7) is 4.94. The number of carbonyl (C=O) groups is 1. The van der Waals surface area contributed by atoms with Crippen LogP contribution in [0, 0.1) is 18.6 Å². The van der Waals surface area contributed by atoms with E-state index in [1.54, 1.807) is 6.92 Å². The third kappa shape index (κ3) is 4.61. The normalized spacial score (nSPS) is 22.4. The summed E-state index contributed by atoms with van der Waals surface area (Å²) in [6.07, 6.45) is 5.37. The third-order valence-corrected chi connectivity index (χ3v) is 6.57. The van der Waals surface area contributed by atoms with E-state index in [2.05, 4.69) is 10.3 Å². The van der Waals surface area contributed by atoms with Gasteiger partial charge in [0.15, 0.2) is 0 Å². The molecule has 32 heavy (non-hydrogen) atoms. The second kappa shape index (κ2) is 8.41. The van der Waals surface area contributed by atoms with Crippen LogP contribution in [0.25, 0.3) is 11.1 Å². The van der Waals surface area contributed by atoms with Crippen LogP contribution in [0.2, 0.25) is 0 Å². The van der Waals surface area contributed by atoms with Crippen LogP contribution in [-0.4, -0.2) is 46.8 Å². The Labute approximate surface area is 186 Å². The minimum Gasteiger partial charge on any atom is -0.388 e. The van der Waals surface area contributed by atoms with Gasteiger partial charge in [-0.15, -0.1) is 0 Å². The zero-order valence-corrected chi connectivity index (χ0v) is 18.5.